The molecule has 2 rings (SSSR count). The van der Waals surface area contributed by atoms with Crippen LogP contribution in [-0.4, -0.2) is 31.0 Å². The second kappa shape index (κ2) is 12.0. The lowest BCUT2D eigenvalue weighted by Crippen LogP contribution is -2.36. The quantitative estimate of drug-likeness (QED) is 0.352. The summed E-state index contributed by atoms with van der Waals surface area (Å²) in [6.45, 7) is 9.01. The normalized spacial score (nSPS) is 11.4. The molecule has 0 saturated carbocycles. The molecule has 0 bridgehead atoms. The zero-order chi connectivity index (χ0) is 18.9. The Kier molecular flexibility index (Phi) is 10.4. The first kappa shape index (κ1) is 23.4. The molecular formula is C22H33IN4. The van der Waals surface area contributed by atoms with Crippen molar-refractivity contribution in [2.45, 2.75) is 46.4 Å². The number of guanidine groups is 1. The number of nitrogens with one attached hydrogen (secondary N) is 2. The Morgan fingerprint density at radius 3 is 2.15 bits per heavy atom. The van der Waals surface area contributed by atoms with Gasteiger partial charge < -0.3 is 10.6 Å². The summed E-state index contributed by atoms with van der Waals surface area (Å²) < 4.78 is 0. The molecule has 0 aromatic heterocycles. The van der Waals surface area contributed by atoms with E-state index in [4.69, 9.17) is 0 Å². The number of benzene rings is 2. The van der Waals surface area contributed by atoms with Gasteiger partial charge in [0.25, 0.3) is 0 Å². The second-order valence-corrected chi connectivity index (χ2v) is 7.04. The summed E-state index contributed by atoms with van der Waals surface area (Å²) in [4.78, 5) is 6.69. The average Bonchev–Trinajstić information content (AvgIpc) is 2.64. The fourth-order valence-electron chi connectivity index (χ4n) is 2.63. The van der Waals surface area contributed by atoms with Crippen molar-refractivity contribution in [3.63, 3.8) is 0 Å². The van der Waals surface area contributed by atoms with Crippen molar-refractivity contribution < 1.29 is 0 Å². The van der Waals surface area contributed by atoms with Crippen LogP contribution in [0.4, 0.5) is 0 Å². The number of aryl methyl sites for hydroxylation is 1. The molecule has 0 saturated heterocycles. The highest BCUT2D eigenvalue weighted by Gasteiger charge is 2.08. The van der Waals surface area contributed by atoms with Crippen molar-refractivity contribution >= 4 is 29.9 Å². The highest BCUT2D eigenvalue weighted by atomic mass is 127. The van der Waals surface area contributed by atoms with Crippen molar-refractivity contribution in [1.82, 2.24) is 15.5 Å². The fourth-order valence-corrected chi connectivity index (χ4v) is 2.63. The third-order valence-corrected chi connectivity index (χ3v) is 4.67. The first-order valence-electron chi connectivity index (χ1n) is 9.26. The summed E-state index contributed by atoms with van der Waals surface area (Å²) in [6, 6.07) is 17.7. The van der Waals surface area contributed by atoms with Crippen molar-refractivity contribution in [3.8, 4) is 0 Å². The maximum atomic E-state index is 4.34. The number of nitrogens with zero attached hydrogens (tertiary/aromatic N) is 2. The molecule has 0 aliphatic heterocycles. The summed E-state index contributed by atoms with van der Waals surface area (Å²) in [7, 11) is 3.97. The summed E-state index contributed by atoms with van der Waals surface area (Å²) in [6.07, 6.45) is 0. The average molecular weight is 480 g/mol. The molecule has 0 spiro atoms. The van der Waals surface area contributed by atoms with Crippen molar-refractivity contribution in [3.05, 3.63) is 70.8 Å². The Morgan fingerprint density at radius 2 is 1.56 bits per heavy atom. The lowest BCUT2D eigenvalue weighted by Gasteiger charge is -2.23. The van der Waals surface area contributed by atoms with Gasteiger partial charge >= 0.3 is 0 Å². The van der Waals surface area contributed by atoms with Crippen molar-refractivity contribution in [2.24, 2.45) is 4.99 Å². The Hall–Kier alpha value is -1.60. The molecule has 0 aliphatic rings. The van der Waals surface area contributed by atoms with Gasteiger partial charge in [-0.3, -0.25) is 9.89 Å². The van der Waals surface area contributed by atoms with Crippen LogP contribution in [0.2, 0.25) is 0 Å². The van der Waals surface area contributed by atoms with Gasteiger partial charge in [0.2, 0.25) is 0 Å². The number of rotatable bonds is 7. The SMILES string of the molecule is CN=C(NCc1ccc(C)cc1)NCc1ccccc1CN(C)C(C)C.I. The number of hydrogen-bond donors (Lipinski definition) is 2. The van der Waals surface area contributed by atoms with E-state index in [9.17, 15) is 0 Å². The van der Waals surface area contributed by atoms with Gasteiger partial charge in [0.05, 0.1) is 0 Å². The summed E-state index contributed by atoms with van der Waals surface area (Å²) in [5, 5.41) is 6.81. The molecule has 4 nitrogen and oxygen atoms in total. The van der Waals surface area contributed by atoms with E-state index in [0.717, 1.165) is 25.6 Å². The molecule has 2 aromatic carbocycles. The summed E-state index contributed by atoms with van der Waals surface area (Å²) in [5.74, 6) is 0.817. The smallest absolute Gasteiger partial charge is 0.191 e. The molecule has 0 heterocycles. The van der Waals surface area contributed by atoms with Crippen LogP contribution in [0, 0.1) is 6.92 Å². The Balaban J connectivity index is 0.00000364. The predicted octanol–water partition coefficient (Wildman–Crippen LogP) is 4.32. The predicted molar refractivity (Wildman–Crippen MR) is 127 cm³/mol. The van der Waals surface area contributed by atoms with Gasteiger partial charge in [0.15, 0.2) is 5.96 Å². The van der Waals surface area contributed by atoms with Crippen LogP contribution < -0.4 is 10.6 Å². The van der Waals surface area contributed by atoms with Gasteiger partial charge in [-0.05, 0) is 44.5 Å². The zero-order valence-corrected chi connectivity index (χ0v) is 19.5. The van der Waals surface area contributed by atoms with Gasteiger partial charge in [-0.1, -0.05) is 54.1 Å². The van der Waals surface area contributed by atoms with E-state index in [-0.39, 0.29) is 24.0 Å². The van der Waals surface area contributed by atoms with E-state index >= 15 is 0 Å². The molecule has 0 radical (unpaired) electrons. The molecular weight excluding hydrogens is 447 g/mol. The highest BCUT2D eigenvalue weighted by Crippen LogP contribution is 2.12. The van der Waals surface area contributed by atoms with E-state index in [0.29, 0.717) is 6.04 Å². The third-order valence-electron chi connectivity index (χ3n) is 4.67. The number of halogens is 1. The zero-order valence-electron chi connectivity index (χ0n) is 17.1. The minimum absolute atomic E-state index is 0. The standard InChI is InChI=1S/C22H32N4.HI/c1-17(2)26(5)16-21-9-7-6-8-20(21)15-25-22(23-4)24-14-19-12-10-18(3)11-13-19;/h6-13,17H,14-16H2,1-5H3,(H2,23,24,25);1H. The maximum absolute atomic E-state index is 4.34. The second-order valence-electron chi connectivity index (χ2n) is 7.04. The molecule has 27 heavy (non-hydrogen) atoms. The molecule has 0 unspecified atom stereocenters. The maximum Gasteiger partial charge on any atom is 0.191 e. The largest absolute Gasteiger partial charge is 0.352 e. The van der Waals surface area contributed by atoms with Crippen LogP contribution in [0.15, 0.2) is 53.5 Å². The van der Waals surface area contributed by atoms with Crippen molar-refractivity contribution in [1.29, 1.82) is 0 Å². The topological polar surface area (TPSA) is 39.7 Å². The molecule has 2 aromatic rings. The lowest BCUT2D eigenvalue weighted by molar-refractivity contribution is 0.265. The molecule has 2 N–H and O–H groups in total. The van der Waals surface area contributed by atoms with Crippen LogP contribution in [0.25, 0.3) is 0 Å². The molecule has 148 valence electrons. The molecule has 0 amide bonds. The number of hydrogen-bond acceptors (Lipinski definition) is 2. The van der Waals surface area contributed by atoms with Crippen LogP contribution in [-0.2, 0) is 19.6 Å². The van der Waals surface area contributed by atoms with Gasteiger partial charge in [-0.15, -0.1) is 24.0 Å². The van der Waals surface area contributed by atoms with Crippen LogP contribution >= 0.6 is 24.0 Å². The minimum Gasteiger partial charge on any atom is -0.352 e. The van der Waals surface area contributed by atoms with Crippen LogP contribution in [0.3, 0.4) is 0 Å². The van der Waals surface area contributed by atoms with Crippen LogP contribution in [0.1, 0.15) is 36.1 Å². The lowest BCUT2D eigenvalue weighted by atomic mass is 10.1. The van der Waals surface area contributed by atoms with Gasteiger partial charge in [0.1, 0.15) is 0 Å². The minimum atomic E-state index is 0. The molecule has 0 aliphatic carbocycles. The van der Waals surface area contributed by atoms with Gasteiger partial charge in [-0.2, -0.15) is 0 Å². The Labute approximate surface area is 181 Å². The highest BCUT2D eigenvalue weighted by molar-refractivity contribution is 14.0. The Bertz CT molecular complexity index is 711. The van der Waals surface area contributed by atoms with E-state index in [1.165, 1.54) is 22.3 Å². The van der Waals surface area contributed by atoms with E-state index in [1.54, 1.807) is 0 Å². The molecule has 0 atom stereocenters. The first-order chi connectivity index (χ1) is 12.5. The van der Waals surface area contributed by atoms with E-state index in [2.05, 4.69) is 96.9 Å². The van der Waals surface area contributed by atoms with Crippen LogP contribution in [0.5, 0.6) is 0 Å². The third kappa shape index (κ3) is 7.89. The van der Waals surface area contributed by atoms with Gasteiger partial charge in [-0.25, -0.2) is 0 Å². The number of aliphatic imine (C=N–C) groups is 1. The Morgan fingerprint density at radius 1 is 0.963 bits per heavy atom. The first-order valence-corrected chi connectivity index (χ1v) is 9.26. The van der Waals surface area contributed by atoms with E-state index in [1.807, 2.05) is 7.05 Å². The fraction of sp³-hybridized carbons (Fsp3) is 0.409. The summed E-state index contributed by atoms with van der Waals surface area (Å²) >= 11 is 0. The molecule has 0 fully saturated rings. The van der Waals surface area contributed by atoms with Crippen molar-refractivity contribution in [2.75, 3.05) is 14.1 Å². The monoisotopic (exact) mass is 480 g/mol. The van der Waals surface area contributed by atoms with E-state index < -0.39 is 0 Å². The van der Waals surface area contributed by atoms with Gasteiger partial charge in [0, 0.05) is 32.7 Å². The summed E-state index contributed by atoms with van der Waals surface area (Å²) in [5.41, 5.74) is 5.18. The molecule has 5 heteroatoms.